The van der Waals surface area contributed by atoms with Gasteiger partial charge in [0.2, 0.25) is 0 Å². The van der Waals surface area contributed by atoms with Crippen LogP contribution in [0.4, 0.5) is 0 Å². The highest BCUT2D eigenvalue weighted by Gasteiger charge is 2.14. The number of fused-ring (bicyclic) bond motifs is 1. The summed E-state index contributed by atoms with van der Waals surface area (Å²) in [6.45, 7) is 2.06. The maximum Gasteiger partial charge on any atom is 0.251 e. The number of H-pyrrole nitrogens is 1. The number of hydrogen-bond donors (Lipinski definition) is 2. The molecular weight excluding hydrogens is 250 g/mol. The molecule has 0 saturated carbocycles. The zero-order chi connectivity index (χ0) is 14.1. The Balaban J connectivity index is 2.05. The Labute approximate surface area is 118 Å². The molecule has 2 N–H and O–H groups in total. The number of likely N-dealkylation sites (N-methyl/N-ethyl adjacent to an activating group) is 1. The van der Waals surface area contributed by atoms with Crippen LogP contribution in [0.5, 0.6) is 0 Å². The molecule has 0 atom stereocenters. The Morgan fingerprint density at radius 2 is 2.25 bits per heavy atom. The fourth-order valence-electron chi connectivity index (χ4n) is 2.69. The van der Waals surface area contributed by atoms with Gasteiger partial charge in [0.1, 0.15) is 0 Å². The van der Waals surface area contributed by atoms with Crippen LogP contribution in [-0.2, 0) is 0 Å². The van der Waals surface area contributed by atoms with Gasteiger partial charge in [0, 0.05) is 48.4 Å². The highest BCUT2D eigenvalue weighted by molar-refractivity contribution is 6.01. The summed E-state index contributed by atoms with van der Waals surface area (Å²) in [6.07, 6.45) is 5.38. The van der Waals surface area contributed by atoms with E-state index in [1.54, 1.807) is 7.05 Å². The number of carbonyl (C=O) groups is 1. The Hall–Kier alpha value is -2.07. The quantitative estimate of drug-likeness (QED) is 0.878. The summed E-state index contributed by atoms with van der Waals surface area (Å²) in [7, 11) is 3.79. The maximum absolute atomic E-state index is 11.8. The molecule has 1 amide bonds. The molecule has 4 heteroatoms. The lowest BCUT2D eigenvalue weighted by Gasteiger charge is -2.21. The van der Waals surface area contributed by atoms with Gasteiger partial charge in [0.05, 0.1) is 0 Å². The van der Waals surface area contributed by atoms with Crippen molar-refractivity contribution in [3.8, 4) is 0 Å². The molecule has 0 bridgehead atoms. The minimum absolute atomic E-state index is 0.0450. The van der Waals surface area contributed by atoms with Gasteiger partial charge in [-0.25, -0.2) is 0 Å². The Morgan fingerprint density at radius 3 is 2.95 bits per heavy atom. The van der Waals surface area contributed by atoms with Crippen LogP contribution in [0.1, 0.15) is 22.3 Å². The predicted octanol–water partition coefficient (Wildman–Crippen LogP) is 2.25. The molecule has 0 unspecified atom stereocenters. The largest absolute Gasteiger partial charge is 0.361 e. The third-order valence-corrected chi connectivity index (χ3v) is 3.93. The van der Waals surface area contributed by atoms with Crippen molar-refractivity contribution in [2.45, 2.75) is 6.42 Å². The smallest absolute Gasteiger partial charge is 0.251 e. The second kappa shape index (κ2) is 5.13. The molecule has 0 aliphatic carbocycles. The lowest BCUT2D eigenvalue weighted by Crippen LogP contribution is -2.23. The fourth-order valence-corrected chi connectivity index (χ4v) is 2.69. The van der Waals surface area contributed by atoms with E-state index in [2.05, 4.69) is 34.5 Å². The van der Waals surface area contributed by atoms with Gasteiger partial charge in [-0.2, -0.15) is 0 Å². The highest BCUT2D eigenvalue weighted by atomic mass is 16.1. The molecule has 0 radical (unpaired) electrons. The summed E-state index contributed by atoms with van der Waals surface area (Å²) in [6, 6.07) is 5.79. The average molecular weight is 269 g/mol. The van der Waals surface area contributed by atoms with Crippen molar-refractivity contribution in [1.82, 2.24) is 15.2 Å². The topological polar surface area (TPSA) is 48.1 Å². The third kappa shape index (κ3) is 2.23. The van der Waals surface area contributed by atoms with E-state index in [4.69, 9.17) is 0 Å². The molecule has 20 heavy (non-hydrogen) atoms. The molecule has 0 spiro atoms. The van der Waals surface area contributed by atoms with Crippen molar-refractivity contribution in [2.24, 2.45) is 0 Å². The summed E-state index contributed by atoms with van der Waals surface area (Å²) in [5.74, 6) is -0.0450. The first kappa shape index (κ1) is 12.9. The second-order valence-electron chi connectivity index (χ2n) is 5.28. The van der Waals surface area contributed by atoms with Crippen molar-refractivity contribution in [2.75, 3.05) is 27.2 Å². The van der Waals surface area contributed by atoms with Crippen LogP contribution in [-0.4, -0.2) is 43.0 Å². The van der Waals surface area contributed by atoms with Crippen LogP contribution in [0, 0.1) is 0 Å². The van der Waals surface area contributed by atoms with Crippen LogP contribution >= 0.6 is 0 Å². The van der Waals surface area contributed by atoms with E-state index >= 15 is 0 Å². The van der Waals surface area contributed by atoms with Gasteiger partial charge in [-0.15, -0.1) is 0 Å². The molecule has 2 heterocycles. The van der Waals surface area contributed by atoms with E-state index in [1.165, 1.54) is 11.1 Å². The standard InChI is InChI=1S/C16H19N3O/c1-17-16(20)12-3-4-15-13(9-12)14(10-18-15)11-5-7-19(2)8-6-11/h3-5,9-10,18H,6-8H2,1-2H3,(H,17,20). The first-order chi connectivity index (χ1) is 9.69. The van der Waals surface area contributed by atoms with E-state index < -0.39 is 0 Å². The summed E-state index contributed by atoms with van der Waals surface area (Å²) < 4.78 is 0. The average Bonchev–Trinajstić information content (AvgIpc) is 2.90. The Bertz CT molecular complexity index is 684. The van der Waals surface area contributed by atoms with Crippen LogP contribution in [0.25, 0.3) is 16.5 Å². The van der Waals surface area contributed by atoms with Crippen molar-refractivity contribution >= 4 is 22.4 Å². The number of carbonyl (C=O) groups excluding carboxylic acids is 1. The number of rotatable bonds is 2. The molecule has 1 aromatic carbocycles. The molecule has 3 rings (SSSR count). The lowest BCUT2D eigenvalue weighted by atomic mass is 9.98. The van der Waals surface area contributed by atoms with E-state index in [1.807, 2.05) is 18.2 Å². The summed E-state index contributed by atoms with van der Waals surface area (Å²) in [4.78, 5) is 17.4. The first-order valence-corrected chi connectivity index (χ1v) is 6.90. The number of aromatic nitrogens is 1. The van der Waals surface area contributed by atoms with Crippen LogP contribution < -0.4 is 5.32 Å². The van der Waals surface area contributed by atoms with Gasteiger partial charge in [-0.3, -0.25) is 4.79 Å². The van der Waals surface area contributed by atoms with Crippen molar-refractivity contribution in [1.29, 1.82) is 0 Å². The van der Waals surface area contributed by atoms with Gasteiger partial charge in [0.15, 0.2) is 0 Å². The monoisotopic (exact) mass is 269 g/mol. The molecule has 0 fully saturated rings. The molecular formula is C16H19N3O. The summed E-state index contributed by atoms with van der Waals surface area (Å²) in [5, 5.41) is 3.80. The normalized spacial score (nSPS) is 16.2. The Morgan fingerprint density at radius 1 is 1.40 bits per heavy atom. The molecule has 0 saturated heterocycles. The first-order valence-electron chi connectivity index (χ1n) is 6.90. The molecule has 1 aliphatic rings. The number of benzene rings is 1. The molecule has 2 aromatic rings. The van der Waals surface area contributed by atoms with Crippen molar-refractivity contribution in [3.63, 3.8) is 0 Å². The second-order valence-corrected chi connectivity index (χ2v) is 5.28. The summed E-state index contributed by atoms with van der Waals surface area (Å²) >= 11 is 0. The third-order valence-electron chi connectivity index (χ3n) is 3.93. The number of nitrogens with one attached hydrogen (secondary N) is 2. The Kier molecular flexibility index (Phi) is 3.32. The SMILES string of the molecule is CNC(=O)c1ccc2[nH]cc(C3=CCN(C)CC3)c2c1. The zero-order valence-electron chi connectivity index (χ0n) is 11.9. The van der Waals surface area contributed by atoms with Crippen molar-refractivity contribution in [3.05, 3.63) is 41.6 Å². The number of amides is 1. The molecule has 104 valence electrons. The number of hydrogen-bond acceptors (Lipinski definition) is 2. The van der Waals surface area contributed by atoms with Crippen molar-refractivity contribution < 1.29 is 4.79 Å². The lowest BCUT2D eigenvalue weighted by molar-refractivity contribution is 0.0963. The van der Waals surface area contributed by atoms with E-state index in [0.29, 0.717) is 5.56 Å². The number of nitrogens with zero attached hydrogens (tertiary/aromatic N) is 1. The van der Waals surface area contributed by atoms with E-state index in [-0.39, 0.29) is 5.91 Å². The van der Waals surface area contributed by atoms with Crippen LogP contribution in [0.15, 0.2) is 30.5 Å². The summed E-state index contributed by atoms with van der Waals surface area (Å²) in [5.41, 5.74) is 4.36. The van der Waals surface area contributed by atoms with Gasteiger partial charge in [-0.1, -0.05) is 6.08 Å². The van der Waals surface area contributed by atoms with Gasteiger partial charge < -0.3 is 15.2 Å². The van der Waals surface area contributed by atoms with Gasteiger partial charge in [-0.05, 0) is 37.2 Å². The molecule has 1 aliphatic heterocycles. The predicted molar refractivity (Wildman–Crippen MR) is 81.8 cm³/mol. The molecule has 4 nitrogen and oxygen atoms in total. The fraction of sp³-hybridized carbons (Fsp3) is 0.312. The highest BCUT2D eigenvalue weighted by Crippen LogP contribution is 2.29. The van der Waals surface area contributed by atoms with Crippen LogP contribution in [0.3, 0.4) is 0 Å². The molecule has 1 aromatic heterocycles. The minimum atomic E-state index is -0.0450. The van der Waals surface area contributed by atoms with Crippen LogP contribution in [0.2, 0.25) is 0 Å². The number of aromatic amines is 1. The minimum Gasteiger partial charge on any atom is -0.361 e. The van der Waals surface area contributed by atoms with E-state index in [9.17, 15) is 4.79 Å². The van der Waals surface area contributed by atoms with Gasteiger partial charge in [0.25, 0.3) is 5.91 Å². The van der Waals surface area contributed by atoms with E-state index in [0.717, 1.165) is 30.4 Å². The maximum atomic E-state index is 11.8. The van der Waals surface area contributed by atoms with Gasteiger partial charge >= 0.3 is 0 Å². The zero-order valence-corrected chi connectivity index (χ0v) is 11.9.